The molecule has 3 heterocycles. The van der Waals surface area contributed by atoms with Crippen LogP contribution in [0.1, 0.15) is 16.9 Å². The summed E-state index contributed by atoms with van der Waals surface area (Å²) in [4.78, 5) is 13.0. The van der Waals surface area contributed by atoms with Crippen LogP contribution in [0.3, 0.4) is 0 Å². The average Bonchev–Trinajstić information content (AvgIpc) is 3.14. The number of ether oxygens (including phenoxy) is 1. The molecule has 0 radical (unpaired) electrons. The lowest BCUT2D eigenvalue weighted by atomic mass is 10.1. The van der Waals surface area contributed by atoms with Crippen LogP contribution in [0.4, 0.5) is 0 Å². The van der Waals surface area contributed by atoms with E-state index in [1.165, 1.54) is 0 Å². The first-order valence-corrected chi connectivity index (χ1v) is 7.16. The summed E-state index contributed by atoms with van der Waals surface area (Å²) in [5.41, 5.74) is 1.31. The SMILES string of the molecule is O=C(NCC1CCOC1)c1cc(-c2cccs2)[nH]n1. The summed E-state index contributed by atoms with van der Waals surface area (Å²) < 4.78 is 5.28. The van der Waals surface area contributed by atoms with E-state index in [1.807, 2.05) is 17.5 Å². The summed E-state index contributed by atoms with van der Waals surface area (Å²) in [5.74, 6) is 0.297. The van der Waals surface area contributed by atoms with Gasteiger partial charge in [-0.15, -0.1) is 11.3 Å². The molecule has 1 saturated heterocycles. The van der Waals surface area contributed by atoms with E-state index in [0.717, 1.165) is 30.2 Å². The van der Waals surface area contributed by atoms with Gasteiger partial charge in [0.15, 0.2) is 5.69 Å². The van der Waals surface area contributed by atoms with E-state index in [0.29, 0.717) is 18.2 Å². The zero-order chi connectivity index (χ0) is 13.1. The maximum Gasteiger partial charge on any atom is 0.271 e. The molecule has 1 fully saturated rings. The molecular weight excluding hydrogens is 262 g/mol. The minimum atomic E-state index is -0.133. The number of amides is 1. The Balaban J connectivity index is 1.60. The first-order chi connectivity index (χ1) is 9.33. The molecule has 1 atom stereocenters. The summed E-state index contributed by atoms with van der Waals surface area (Å²) in [6.07, 6.45) is 1.02. The number of aromatic nitrogens is 2. The lowest BCUT2D eigenvalue weighted by Gasteiger charge is -2.07. The molecule has 1 unspecified atom stereocenters. The first-order valence-electron chi connectivity index (χ1n) is 6.28. The van der Waals surface area contributed by atoms with Crippen molar-refractivity contribution in [1.82, 2.24) is 15.5 Å². The van der Waals surface area contributed by atoms with Crippen LogP contribution in [-0.4, -0.2) is 35.9 Å². The second kappa shape index (κ2) is 5.54. The number of thiophene rings is 1. The molecule has 1 aliphatic heterocycles. The van der Waals surface area contributed by atoms with E-state index in [1.54, 1.807) is 17.4 Å². The number of nitrogens with one attached hydrogen (secondary N) is 2. The van der Waals surface area contributed by atoms with Gasteiger partial charge >= 0.3 is 0 Å². The third-order valence-electron chi connectivity index (χ3n) is 3.17. The molecule has 0 bridgehead atoms. The van der Waals surface area contributed by atoms with E-state index in [9.17, 15) is 4.79 Å². The lowest BCUT2D eigenvalue weighted by molar-refractivity contribution is 0.0940. The van der Waals surface area contributed by atoms with Gasteiger partial charge in [0.05, 0.1) is 17.2 Å². The number of H-pyrrole nitrogens is 1. The van der Waals surface area contributed by atoms with Crippen LogP contribution in [-0.2, 0) is 4.74 Å². The van der Waals surface area contributed by atoms with Crippen molar-refractivity contribution in [3.63, 3.8) is 0 Å². The second-order valence-corrected chi connectivity index (χ2v) is 5.53. The van der Waals surface area contributed by atoms with Crippen LogP contribution in [0.5, 0.6) is 0 Å². The van der Waals surface area contributed by atoms with E-state index < -0.39 is 0 Å². The molecule has 0 aromatic carbocycles. The Labute approximate surface area is 115 Å². The van der Waals surface area contributed by atoms with Crippen molar-refractivity contribution in [2.45, 2.75) is 6.42 Å². The minimum Gasteiger partial charge on any atom is -0.381 e. The van der Waals surface area contributed by atoms with Gasteiger partial charge in [-0.3, -0.25) is 9.89 Å². The third kappa shape index (κ3) is 2.85. The van der Waals surface area contributed by atoms with E-state index in [4.69, 9.17) is 4.74 Å². The molecule has 0 spiro atoms. The van der Waals surface area contributed by atoms with Gasteiger partial charge in [0, 0.05) is 19.1 Å². The number of rotatable bonds is 4. The zero-order valence-electron chi connectivity index (χ0n) is 10.4. The molecule has 1 aliphatic rings. The highest BCUT2D eigenvalue weighted by Gasteiger charge is 2.18. The maximum absolute atomic E-state index is 12.0. The van der Waals surface area contributed by atoms with Gasteiger partial charge in [-0.05, 0) is 23.9 Å². The van der Waals surface area contributed by atoms with Crippen molar-refractivity contribution in [2.24, 2.45) is 5.92 Å². The first kappa shape index (κ1) is 12.4. The molecule has 1 amide bonds. The van der Waals surface area contributed by atoms with Crippen LogP contribution in [0.15, 0.2) is 23.6 Å². The molecule has 3 rings (SSSR count). The van der Waals surface area contributed by atoms with Crippen molar-refractivity contribution in [2.75, 3.05) is 19.8 Å². The number of aromatic amines is 1. The van der Waals surface area contributed by atoms with Crippen molar-refractivity contribution >= 4 is 17.2 Å². The van der Waals surface area contributed by atoms with Gasteiger partial charge in [-0.1, -0.05) is 6.07 Å². The molecule has 2 aromatic rings. The molecule has 5 nitrogen and oxygen atoms in total. The zero-order valence-corrected chi connectivity index (χ0v) is 11.2. The van der Waals surface area contributed by atoms with Crippen molar-refractivity contribution in [1.29, 1.82) is 0 Å². The molecule has 2 aromatic heterocycles. The highest BCUT2D eigenvalue weighted by atomic mass is 32.1. The Bertz CT molecular complexity index is 544. The number of hydrogen-bond donors (Lipinski definition) is 2. The molecule has 6 heteroatoms. The summed E-state index contributed by atoms with van der Waals surface area (Å²) in [7, 11) is 0. The number of carbonyl (C=O) groups excluding carboxylic acids is 1. The molecule has 0 saturated carbocycles. The Hall–Kier alpha value is -1.66. The van der Waals surface area contributed by atoms with Gasteiger partial charge in [-0.25, -0.2) is 0 Å². The molecule has 2 N–H and O–H groups in total. The Morgan fingerprint density at radius 1 is 1.63 bits per heavy atom. The fourth-order valence-corrected chi connectivity index (χ4v) is 2.76. The second-order valence-electron chi connectivity index (χ2n) is 4.58. The van der Waals surface area contributed by atoms with E-state index in [2.05, 4.69) is 15.5 Å². The summed E-state index contributed by atoms with van der Waals surface area (Å²) in [6, 6.07) is 5.75. The minimum absolute atomic E-state index is 0.133. The predicted octanol–water partition coefficient (Wildman–Crippen LogP) is 1.90. The van der Waals surface area contributed by atoms with Crippen LogP contribution in [0.2, 0.25) is 0 Å². The Morgan fingerprint density at radius 3 is 3.32 bits per heavy atom. The average molecular weight is 277 g/mol. The Kier molecular flexibility index (Phi) is 3.61. The standard InChI is InChI=1S/C13H15N3O2S/c17-13(14-7-9-3-4-18-8-9)11-6-10(15-16-11)12-2-1-5-19-12/h1-2,5-6,9H,3-4,7-8H2,(H,14,17)(H,15,16). The maximum atomic E-state index is 12.0. The molecule has 100 valence electrons. The highest BCUT2D eigenvalue weighted by Crippen LogP contribution is 2.22. The Morgan fingerprint density at radius 2 is 2.58 bits per heavy atom. The smallest absolute Gasteiger partial charge is 0.271 e. The largest absolute Gasteiger partial charge is 0.381 e. The van der Waals surface area contributed by atoms with Gasteiger partial charge in [0.1, 0.15) is 0 Å². The van der Waals surface area contributed by atoms with Crippen LogP contribution in [0.25, 0.3) is 10.6 Å². The predicted molar refractivity (Wildman–Crippen MR) is 73.2 cm³/mol. The van der Waals surface area contributed by atoms with Gasteiger partial charge in [0.25, 0.3) is 5.91 Å². The quantitative estimate of drug-likeness (QED) is 0.897. The molecule has 19 heavy (non-hydrogen) atoms. The van der Waals surface area contributed by atoms with Crippen molar-refractivity contribution in [3.05, 3.63) is 29.3 Å². The number of hydrogen-bond acceptors (Lipinski definition) is 4. The van der Waals surface area contributed by atoms with Crippen molar-refractivity contribution in [3.8, 4) is 10.6 Å². The van der Waals surface area contributed by atoms with Crippen molar-refractivity contribution < 1.29 is 9.53 Å². The third-order valence-corrected chi connectivity index (χ3v) is 4.08. The normalized spacial score (nSPS) is 18.6. The summed E-state index contributed by atoms with van der Waals surface area (Å²) in [5, 5.41) is 11.8. The van der Waals surface area contributed by atoms with Crippen LogP contribution in [0, 0.1) is 5.92 Å². The van der Waals surface area contributed by atoms with Crippen LogP contribution >= 0.6 is 11.3 Å². The summed E-state index contributed by atoms with van der Waals surface area (Å²) in [6.45, 7) is 2.19. The summed E-state index contributed by atoms with van der Waals surface area (Å²) >= 11 is 1.62. The topological polar surface area (TPSA) is 67.0 Å². The van der Waals surface area contributed by atoms with Gasteiger partial charge < -0.3 is 10.1 Å². The fourth-order valence-electron chi connectivity index (χ4n) is 2.07. The highest BCUT2D eigenvalue weighted by molar-refractivity contribution is 7.13. The number of nitrogens with zero attached hydrogens (tertiary/aromatic N) is 1. The van der Waals surface area contributed by atoms with E-state index in [-0.39, 0.29) is 5.91 Å². The number of carbonyl (C=O) groups is 1. The molecular formula is C13H15N3O2S. The lowest BCUT2D eigenvalue weighted by Crippen LogP contribution is -2.29. The molecule has 0 aliphatic carbocycles. The van der Waals surface area contributed by atoms with E-state index >= 15 is 0 Å². The fraction of sp³-hybridized carbons (Fsp3) is 0.385. The van der Waals surface area contributed by atoms with Gasteiger partial charge in [-0.2, -0.15) is 5.10 Å². The monoisotopic (exact) mass is 277 g/mol. The van der Waals surface area contributed by atoms with Gasteiger partial charge in [0.2, 0.25) is 0 Å². The van der Waals surface area contributed by atoms with Crippen LogP contribution < -0.4 is 5.32 Å².